The smallest absolute Gasteiger partial charge is 0.252 e. The van der Waals surface area contributed by atoms with E-state index in [1.165, 1.54) is 28.5 Å². The lowest BCUT2D eigenvalue weighted by molar-refractivity contribution is 0.407. The molecule has 0 saturated heterocycles. The minimum atomic E-state index is -3.45. The summed E-state index contributed by atoms with van der Waals surface area (Å²) in [5.41, 5.74) is 0. The highest BCUT2D eigenvalue weighted by atomic mass is 32.2. The molecule has 1 aliphatic carbocycles. The van der Waals surface area contributed by atoms with Gasteiger partial charge in [-0.2, -0.15) is 4.31 Å². The van der Waals surface area contributed by atoms with Crippen molar-refractivity contribution in [2.24, 2.45) is 0 Å². The average molecular weight is 326 g/mol. The maximum atomic E-state index is 12.5. The van der Waals surface area contributed by atoms with Crippen LogP contribution in [0.1, 0.15) is 23.5 Å². The Bertz CT molecular complexity index is 688. The molecular formula is C14H18N2O3S2. The van der Waals surface area contributed by atoms with E-state index in [1.807, 2.05) is 6.07 Å². The van der Waals surface area contributed by atoms with E-state index in [1.54, 1.807) is 31.5 Å². The van der Waals surface area contributed by atoms with Crippen molar-refractivity contribution < 1.29 is 12.8 Å². The minimum Gasteiger partial charge on any atom is -0.468 e. The first-order valence-electron chi connectivity index (χ1n) is 6.86. The molecule has 1 fully saturated rings. The van der Waals surface area contributed by atoms with Gasteiger partial charge in [-0.3, -0.25) is 0 Å². The van der Waals surface area contributed by atoms with E-state index in [-0.39, 0.29) is 6.54 Å². The Labute approximate surface area is 128 Å². The van der Waals surface area contributed by atoms with Crippen LogP contribution in [0, 0.1) is 0 Å². The first-order valence-corrected chi connectivity index (χ1v) is 9.12. The van der Waals surface area contributed by atoms with Crippen molar-refractivity contribution in [3.05, 3.63) is 41.2 Å². The van der Waals surface area contributed by atoms with Crippen molar-refractivity contribution in [2.45, 2.75) is 36.2 Å². The van der Waals surface area contributed by atoms with Gasteiger partial charge in [0.2, 0.25) is 0 Å². The van der Waals surface area contributed by atoms with Crippen LogP contribution in [0.2, 0.25) is 0 Å². The number of nitrogens with zero attached hydrogens (tertiary/aromatic N) is 1. The largest absolute Gasteiger partial charge is 0.468 e. The Kier molecular flexibility index (Phi) is 4.17. The van der Waals surface area contributed by atoms with Crippen molar-refractivity contribution in [1.29, 1.82) is 0 Å². The van der Waals surface area contributed by atoms with Crippen LogP contribution >= 0.6 is 11.3 Å². The number of hydrogen-bond donors (Lipinski definition) is 1. The zero-order valence-electron chi connectivity index (χ0n) is 11.8. The summed E-state index contributed by atoms with van der Waals surface area (Å²) < 4.78 is 31.9. The van der Waals surface area contributed by atoms with E-state index in [9.17, 15) is 8.42 Å². The monoisotopic (exact) mass is 326 g/mol. The van der Waals surface area contributed by atoms with Crippen molar-refractivity contribution >= 4 is 21.4 Å². The molecule has 0 amide bonds. The number of nitrogens with one attached hydrogen (secondary N) is 1. The third kappa shape index (κ3) is 3.55. The number of thiophene rings is 1. The molecule has 0 spiro atoms. The zero-order chi connectivity index (χ0) is 14.9. The molecule has 5 nitrogen and oxygen atoms in total. The normalized spacial score (nSPS) is 15.7. The third-order valence-electron chi connectivity index (χ3n) is 3.40. The highest BCUT2D eigenvalue weighted by Gasteiger charge is 2.24. The summed E-state index contributed by atoms with van der Waals surface area (Å²) in [6, 6.07) is 7.71. The molecule has 0 radical (unpaired) electrons. The van der Waals surface area contributed by atoms with Crippen molar-refractivity contribution in [1.82, 2.24) is 9.62 Å². The predicted molar refractivity (Wildman–Crippen MR) is 81.5 cm³/mol. The van der Waals surface area contributed by atoms with E-state index in [0.29, 0.717) is 16.0 Å². The third-order valence-corrected chi connectivity index (χ3v) is 6.76. The second-order valence-electron chi connectivity index (χ2n) is 5.22. The Morgan fingerprint density at radius 2 is 2.19 bits per heavy atom. The summed E-state index contributed by atoms with van der Waals surface area (Å²) in [4.78, 5) is 1.05. The van der Waals surface area contributed by atoms with E-state index >= 15 is 0 Å². The summed E-state index contributed by atoms with van der Waals surface area (Å²) >= 11 is 1.33. The molecule has 0 bridgehead atoms. The number of sulfonamides is 1. The van der Waals surface area contributed by atoms with Crippen LogP contribution in [-0.4, -0.2) is 25.8 Å². The molecule has 0 unspecified atom stereocenters. The topological polar surface area (TPSA) is 62.6 Å². The van der Waals surface area contributed by atoms with Gasteiger partial charge in [0.25, 0.3) is 10.0 Å². The van der Waals surface area contributed by atoms with Gasteiger partial charge in [-0.15, -0.1) is 11.3 Å². The lowest BCUT2D eigenvalue weighted by atomic mass is 10.4. The van der Waals surface area contributed by atoms with Crippen LogP contribution in [0.5, 0.6) is 0 Å². The molecule has 3 rings (SSSR count). The van der Waals surface area contributed by atoms with E-state index in [2.05, 4.69) is 5.32 Å². The molecule has 1 N–H and O–H groups in total. The molecule has 0 atom stereocenters. The molecular weight excluding hydrogens is 308 g/mol. The van der Waals surface area contributed by atoms with Gasteiger partial charge in [-0.05, 0) is 37.1 Å². The molecule has 1 aliphatic rings. The fourth-order valence-electron chi connectivity index (χ4n) is 1.98. The number of furan rings is 1. The van der Waals surface area contributed by atoms with Crippen LogP contribution in [-0.2, 0) is 23.1 Å². The van der Waals surface area contributed by atoms with Crippen molar-refractivity contribution in [2.75, 3.05) is 7.05 Å². The highest BCUT2D eigenvalue weighted by molar-refractivity contribution is 7.91. The Balaban J connectivity index is 1.68. The van der Waals surface area contributed by atoms with Crippen LogP contribution in [0.15, 0.2) is 39.2 Å². The summed E-state index contributed by atoms with van der Waals surface area (Å²) in [6.45, 7) is 0.982. The van der Waals surface area contributed by atoms with Crippen LogP contribution < -0.4 is 5.32 Å². The van der Waals surface area contributed by atoms with E-state index in [4.69, 9.17) is 4.42 Å². The predicted octanol–water partition coefficient (Wildman–Crippen LogP) is 2.41. The first kappa shape index (κ1) is 14.8. The quantitative estimate of drug-likeness (QED) is 0.849. The molecule has 2 aromatic heterocycles. The fourth-order valence-corrected chi connectivity index (χ4v) is 4.64. The summed E-state index contributed by atoms with van der Waals surface area (Å²) in [5, 5.41) is 3.39. The van der Waals surface area contributed by atoms with E-state index < -0.39 is 10.0 Å². The van der Waals surface area contributed by atoms with Crippen molar-refractivity contribution in [3.8, 4) is 0 Å². The maximum absolute atomic E-state index is 12.5. The SMILES string of the molecule is CN(Cc1ccco1)S(=O)(=O)c1ccc(CNC2CC2)s1. The lowest BCUT2D eigenvalue weighted by Gasteiger charge is -2.14. The molecule has 7 heteroatoms. The lowest BCUT2D eigenvalue weighted by Crippen LogP contribution is -2.25. The Morgan fingerprint density at radius 1 is 1.38 bits per heavy atom. The molecule has 1 saturated carbocycles. The minimum absolute atomic E-state index is 0.239. The van der Waals surface area contributed by atoms with Crippen LogP contribution in [0.4, 0.5) is 0 Å². The van der Waals surface area contributed by atoms with Crippen LogP contribution in [0.3, 0.4) is 0 Å². The van der Waals surface area contributed by atoms with Gasteiger partial charge in [-0.25, -0.2) is 8.42 Å². The highest BCUT2D eigenvalue weighted by Crippen LogP contribution is 2.26. The fraction of sp³-hybridized carbons (Fsp3) is 0.429. The summed E-state index contributed by atoms with van der Waals surface area (Å²) in [5.74, 6) is 0.633. The van der Waals surface area contributed by atoms with Gasteiger partial charge in [0.05, 0.1) is 12.8 Å². The van der Waals surface area contributed by atoms with Crippen molar-refractivity contribution in [3.63, 3.8) is 0 Å². The van der Waals surface area contributed by atoms with Gasteiger partial charge < -0.3 is 9.73 Å². The molecule has 21 heavy (non-hydrogen) atoms. The van der Waals surface area contributed by atoms with Gasteiger partial charge >= 0.3 is 0 Å². The molecule has 2 heterocycles. The Hall–Kier alpha value is -1.15. The second kappa shape index (κ2) is 5.92. The van der Waals surface area contributed by atoms with Crippen LogP contribution in [0.25, 0.3) is 0 Å². The molecule has 0 aromatic carbocycles. The summed E-state index contributed by atoms with van der Waals surface area (Å²) in [7, 11) is -1.88. The van der Waals surface area contributed by atoms with Gasteiger partial charge in [-0.1, -0.05) is 0 Å². The van der Waals surface area contributed by atoms with Gasteiger partial charge in [0.1, 0.15) is 9.97 Å². The average Bonchev–Trinajstić information content (AvgIpc) is 2.93. The Morgan fingerprint density at radius 3 is 2.86 bits per heavy atom. The second-order valence-corrected chi connectivity index (χ2v) is 8.66. The number of hydrogen-bond acceptors (Lipinski definition) is 5. The molecule has 0 aliphatic heterocycles. The van der Waals surface area contributed by atoms with Gasteiger partial charge in [0, 0.05) is 24.5 Å². The molecule has 2 aromatic rings. The number of rotatable bonds is 7. The summed E-state index contributed by atoms with van der Waals surface area (Å²) in [6.07, 6.45) is 3.99. The van der Waals surface area contributed by atoms with Gasteiger partial charge in [0.15, 0.2) is 0 Å². The molecule has 114 valence electrons. The van der Waals surface area contributed by atoms with E-state index in [0.717, 1.165) is 11.4 Å². The first-order chi connectivity index (χ1) is 10.1. The standard InChI is InChI=1S/C14H18N2O3S2/c1-16(10-12-3-2-8-19-12)21(17,18)14-7-6-13(20-14)9-15-11-4-5-11/h2-3,6-8,11,15H,4-5,9-10H2,1H3. The zero-order valence-corrected chi connectivity index (χ0v) is 13.4. The maximum Gasteiger partial charge on any atom is 0.252 e.